The van der Waals surface area contributed by atoms with Crippen molar-refractivity contribution in [2.75, 3.05) is 51.6 Å². The van der Waals surface area contributed by atoms with Crippen molar-refractivity contribution in [2.45, 2.75) is 57.2 Å². The standard InChI is InChI=1S/C27H36N8O4/c1-27(9-4-10-27)39-26(36)31-19-6-5-18(22-23(19)38-16-37-22)21-20-24(28)29-15-30-25(20)35(32-21)14-13-34-11-7-17(8-12-34)33(2)3/h5-6,15,17H,4,7-14,16H2,1-3H3,(H,31,36)(H2,28,29,30). The number of nitrogens with zero attached hydrogens (tertiary/aromatic N) is 6. The summed E-state index contributed by atoms with van der Waals surface area (Å²) in [5.74, 6) is 1.27. The minimum Gasteiger partial charge on any atom is -0.453 e. The number of carbonyl (C=O) groups excluding carboxylic acids is 1. The van der Waals surface area contributed by atoms with Crippen LogP contribution in [-0.4, -0.2) is 87.8 Å². The van der Waals surface area contributed by atoms with Crippen LogP contribution in [0.2, 0.25) is 0 Å². The summed E-state index contributed by atoms with van der Waals surface area (Å²) in [7, 11) is 4.30. The molecule has 2 aliphatic heterocycles. The van der Waals surface area contributed by atoms with E-state index in [1.165, 1.54) is 6.33 Å². The molecule has 3 N–H and O–H groups in total. The average molecular weight is 537 g/mol. The van der Waals surface area contributed by atoms with Crippen LogP contribution in [0.1, 0.15) is 39.0 Å². The topological polar surface area (TPSA) is 133 Å². The van der Waals surface area contributed by atoms with Crippen LogP contribution in [0.5, 0.6) is 11.5 Å². The largest absolute Gasteiger partial charge is 0.453 e. The van der Waals surface area contributed by atoms with E-state index in [1.54, 1.807) is 6.07 Å². The van der Waals surface area contributed by atoms with Crippen LogP contribution in [0.25, 0.3) is 22.3 Å². The van der Waals surface area contributed by atoms with Gasteiger partial charge in [-0.25, -0.2) is 19.4 Å². The highest BCUT2D eigenvalue weighted by Gasteiger charge is 2.36. The number of nitrogens with two attached hydrogens (primary N) is 1. The van der Waals surface area contributed by atoms with Gasteiger partial charge in [-0.2, -0.15) is 5.10 Å². The summed E-state index contributed by atoms with van der Waals surface area (Å²) in [6.07, 6.45) is 6.06. The molecule has 2 aromatic heterocycles. The number of ether oxygens (including phenoxy) is 3. The molecule has 1 aromatic carbocycles. The fraction of sp³-hybridized carbons (Fsp3) is 0.556. The lowest BCUT2D eigenvalue weighted by Gasteiger charge is -2.37. The Morgan fingerprint density at radius 3 is 2.67 bits per heavy atom. The molecule has 2 fully saturated rings. The first-order valence-electron chi connectivity index (χ1n) is 13.6. The lowest BCUT2D eigenvalue weighted by Crippen LogP contribution is -2.42. The number of aromatic nitrogens is 4. The molecule has 0 radical (unpaired) electrons. The Labute approximate surface area is 227 Å². The van der Waals surface area contributed by atoms with Gasteiger partial charge in [0.1, 0.15) is 23.4 Å². The van der Waals surface area contributed by atoms with Crippen molar-refractivity contribution >= 4 is 28.6 Å². The summed E-state index contributed by atoms with van der Waals surface area (Å²) in [5.41, 5.74) is 8.41. The number of hydrogen-bond acceptors (Lipinski definition) is 10. The van der Waals surface area contributed by atoms with Crippen molar-refractivity contribution in [3.8, 4) is 22.8 Å². The first-order valence-corrected chi connectivity index (χ1v) is 13.6. The fourth-order valence-electron chi connectivity index (χ4n) is 5.69. The van der Waals surface area contributed by atoms with E-state index < -0.39 is 11.7 Å². The second kappa shape index (κ2) is 10.2. The third kappa shape index (κ3) is 4.94. The number of piperidine rings is 1. The summed E-state index contributed by atoms with van der Waals surface area (Å²) in [6.45, 7) is 5.62. The Morgan fingerprint density at radius 2 is 1.95 bits per heavy atom. The maximum absolute atomic E-state index is 12.6. The molecule has 1 saturated carbocycles. The van der Waals surface area contributed by atoms with Crippen LogP contribution in [0, 0.1) is 0 Å². The van der Waals surface area contributed by atoms with E-state index >= 15 is 0 Å². The molecule has 0 bridgehead atoms. The van der Waals surface area contributed by atoms with Crippen molar-refractivity contribution in [1.82, 2.24) is 29.5 Å². The predicted molar refractivity (Wildman–Crippen MR) is 147 cm³/mol. The molecular weight excluding hydrogens is 500 g/mol. The van der Waals surface area contributed by atoms with E-state index in [0.29, 0.717) is 57.9 Å². The van der Waals surface area contributed by atoms with Crippen molar-refractivity contribution in [3.05, 3.63) is 18.5 Å². The molecule has 3 aliphatic rings. The molecule has 6 rings (SSSR count). The van der Waals surface area contributed by atoms with Crippen LogP contribution < -0.4 is 20.5 Å². The number of benzene rings is 1. The molecule has 0 unspecified atom stereocenters. The van der Waals surface area contributed by atoms with Gasteiger partial charge in [-0.3, -0.25) is 5.32 Å². The normalized spacial score (nSPS) is 18.9. The molecule has 3 aromatic rings. The van der Waals surface area contributed by atoms with E-state index in [2.05, 4.69) is 39.2 Å². The van der Waals surface area contributed by atoms with Gasteiger partial charge in [0, 0.05) is 18.2 Å². The Hall–Kier alpha value is -3.64. The zero-order valence-electron chi connectivity index (χ0n) is 22.8. The summed E-state index contributed by atoms with van der Waals surface area (Å²) in [6, 6.07) is 4.25. The van der Waals surface area contributed by atoms with Crippen molar-refractivity contribution < 1.29 is 19.0 Å². The molecule has 0 atom stereocenters. The van der Waals surface area contributed by atoms with Crippen LogP contribution in [0.3, 0.4) is 0 Å². The van der Waals surface area contributed by atoms with Gasteiger partial charge in [-0.1, -0.05) is 0 Å². The Morgan fingerprint density at radius 1 is 1.18 bits per heavy atom. The van der Waals surface area contributed by atoms with Gasteiger partial charge in [-0.05, 0) is 78.3 Å². The number of anilines is 2. The number of fused-ring (bicyclic) bond motifs is 2. The van der Waals surface area contributed by atoms with Gasteiger partial charge < -0.3 is 29.7 Å². The van der Waals surface area contributed by atoms with E-state index in [9.17, 15) is 4.79 Å². The predicted octanol–water partition coefficient (Wildman–Crippen LogP) is 3.32. The molecule has 1 amide bonds. The number of hydrogen-bond donors (Lipinski definition) is 2. The molecule has 208 valence electrons. The van der Waals surface area contributed by atoms with Gasteiger partial charge in [0.25, 0.3) is 0 Å². The number of rotatable bonds is 7. The molecule has 12 heteroatoms. The minimum absolute atomic E-state index is 0.0291. The first kappa shape index (κ1) is 25.6. The lowest BCUT2D eigenvalue weighted by atomic mass is 9.82. The number of amides is 1. The van der Waals surface area contributed by atoms with Crippen LogP contribution in [0.15, 0.2) is 18.5 Å². The molecule has 1 saturated heterocycles. The van der Waals surface area contributed by atoms with Gasteiger partial charge >= 0.3 is 6.09 Å². The molecule has 12 nitrogen and oxygen atoms in total. The van der Waals surface area contributed by atoms with Gasteiger partial charge in [-0.15, -0.1) is 0 Å². The Kier molecular flexibility index (Phi) is 6.67. The number of nitrogens with one attached hydrogen (secondary N) is 1. The smallest absolute Gasteiger partial charge is 0.412 e. The zero-order chi connectivity index (χ0) is 27.1. The highest BCUT2D eigenvalue weighted by molar-refractivity contribution is 6.01. The SMILES string of the molecule is CN(C)C1CCN(CCn2nc(-c3ccc(NC(=O)OC4(C)CCC4)c4c3OCO4)c3c(N)ncnc32)CC1. The number of likely N-dealkylation sites (tertiary alicyclic amines) is 1. The maximum atomic E-state index is 12.6. The monoisotopic (exact) mass is 536 g/mol. The van der Waals surface area contributed by atoms with Crippen LogP contribution in [-0.2, 0) is 11.3 Å². The third-order valence-corrected chi connectivity index (χ3v) is 8.23. The second-order valence-corrected chi connectivity index (χ2v) is 11.1. The Bertz CT molecular complexity index is 1380. The highest BCUT2D eigenvalue weighted by Crippen LogP contribution is 2.48. The number of nitrogen functional groups attached to an aromatic ring is 1. The van der Waals surface area contributed by atoms with Crippen molar-refractivity contribution in [1.29, 1.82) is 0 Å². The van der Waals surface area contributed by atoms with Crippen molar-refractivity contribution in [3.63, 3.8) is 0 Å². The fourth-order valence-corrected chi connectivity index (χ4v) is 5.69. The summed E-state index contributed by atoms with van der Waals surface area (Å²) >= 11 is 0. The van der Waals surface area contributed by atoms with Crippen molar-refractivity contribution in [2.24, 2.45) is 0 Å². The van der Waals surface area contributed by atoms with Gasteiger partial charge in [0.05, 0.1) is 17.6 Å². The van der Waals surface area contributed by atoms with Crippen LogP contribution >= 0.6 is 0 Å². The van der Waals surface area contributed by atoms with E-state index in [4.69, 9.17) is 25.0 Å². The van der Waals surface area contributed by atoms with E-state index in [0.717, 1.165) is 51.7 Å². The molecular formula is C27H36N8O4. The Balaban J connectivity index is 1.26. The average Bonchev–Trinajstić information content (AvgIpc) is 3.53. The van der Waals surface area contributed by atoms with Gasteiger partial charge in [0.2, 0.25) is 6.79 Å². The van der Waals surface area contributed by atoms with E-state index in [1.807, 2.05) is 17.7 Å². The quantitative estimate of drug-likeness (QED) is 0.463. The second-order valence-electron chi connectivity index (χ2n) is 11.1. The lowest BCUT2D eigenvalue weighted by molar-refractivity contribution is -0.0256. The molecule has 1 aliphatic carbocycles. The summed E-state index contributed by atoms with van der Waals surface area (Å²) in [5, 5.41) is 8.42. The zero-order valence-corrected chi connectivity index (χ0v) is 22.8. The first-order chi connectivity index (χ1) is 18.8. The number of carbonyl (C=O) groups is 1. The summed E-state index contributed by atoms with van der Waals surface area (Å²) in [4.78, 5) is 26.1. The van der Waals surface area contributed by atoms with E-state index in [-0.39, 0.29) is 6.79 Å². The maximum Gasteiger partial charge on any atom is 0.412 e. The summed E-state index contributed by atoms with van der Waals surface area (Å²) < 4.78 is 19.1. The third-order valence-electron chi connectivity index (χ3n) is 8.23. The molecule has 39 heavy (non-hydrogen) atoms. The minimum atomic E-state index is -0.510. The highest BCUT2D eigenvalue weighted by atomic mass is 16.7. The molecule has 4 heterocycles. The van der Waals surface area contributed by atoms with Gasteiger partial charge in [0.15, 0.2) is 17.1 Å². The van der Waals surface area contributed by atoms with Crippen LogP contribution in [0.4, 0.5) is 16.3 Å². The molecule has 0 spiro atoms.